The summed E-state index contributed by atoms with van der Waals surface area (Å²) in [6.45, 7) is 1.59. The zero-order chi connectivity index (χ0) is 19.3. The van der Waals surface area contributed by atoms with Crippen LogP contribution >= 0.6 is 0 Å². The fourth-order valence-electron chi connectivity index (χ4n) is 2.29. The molecule has 0 unspecified atom stereocenters. The molecule has 7 nitrogen and oxygen atoms in total. The first kappa shape index (κ1) is 19.6. The van der Waals surface area contributed by atoms with Crippen molar-refractivity contribution in [1.29, 1.82) is 0 Å². The summed E-state index contributed by atoms with van der Waals surface area (Å²) in [7, 11) is -0.358. The number of hydrogen-bond donors (Lipinski definition) is 1. The van der Waals surface area contributed by atoms with Crippen LogP contribution in [0.2, 0.25) is 0 Å². The van der Waals surface area contributed by atoms with Gasteiger partial charge in [0.15, 0.2) is 27.9 Å². The first-order valence-corrected chi connectivity index (χ1v) is 9.59. The minimum absolute atomic E-state index is 0.123. The van der Waals surface area contributed by atoms with E-state index in [1.54, 1.807) is 24.3 Å². The van der Waals surface area contributed by atoms with Crippen LogP contribution in [0.25, 0.3) is 0 Å². The Bertz CT molecular complexity index is 883. The third kappa shape index (κ3) is 4.89. The fourth-order valence-corrected chi connectivity index (χ4v) is 2.96. The van der Waals surface area contributed by atoms with Gasteiger partial charge in [0, 0.05) is 11.9 Å². The lowest BCUT2D eigenvalue weighted by Gasteiger charge is -2.15. The molecule has 0 atom stereocenters. The van der Waals surface area contributed by atoms with Gasteiger partial charge in [-0.05, 0) is 42.8 Å². The van der Waals surface area contributed by atoms with Gasteiger partial charge in [0.1, 0.15) is 0 Å². The Labute approximate surface area is 152 Å². The van der Waals surface area contributed by atoms with Crippen molar-refractivity contribution >= 4 is 21.4 Å². The van der Waals surface area contributed by atoms with E-state index in [1.165, 1.54) is 26.4 Å². The summed E-state index contributed by atoms with van der Waals surface area (Å²) in [6.07, 6.45) is 1.10. The van der Waals surface area contributed by atoms with Crippen LogP contribution in [-0.2, 0) is 14.6 Å². The van der Waals surface area contributed by atoms with Crippen molar-refractivity contribution in [3.05, 3.63) is 42.0 Å². The standard InChI is InChI=1S/C18H21NO6S/c1-12-8-15(23-2)18(16(9-12)24-3)25-11-17(20)19-13-6-5-7-14(10-13)26(4,21)22/h5-10H,11H2,1-4H3,(H,19,20). The molecule has 0 aromatic heterocycles. The lowest BCUT2D eigenvalue weighted by molar-refractivity contribution is -0.118. The molecular weight excluding hydrogens is 358 g/mol. The summed E-state index contributed by atoms with van der Waals surface area (Å²) in [5.74, 6) is 0.781. The highest BCUT2D eigenvalue weighted by molar-refractivity contribution is 7.90. The van der Waals surface area contributed by atoms with Gasteiger partial charge >= 0.3 is 0 Å². The van der Waals surface area contributed by atoms with E-state index in [1.807, 2.05) is 6.92 Å². The van der Waals surface area contributed by atoms with Gasteiger partial charge in [0.2, 0.25) is 5.75 Å². The molecule has 0 fully saturated rings. The average molecular weight is 379 g/mol. The van der Waals surface area contributed by atoms with Crippen molar-refractivity contribution in [3.63, 3.8) is 0 Å². The van der Waals surface area contributed by atoms with Gasteiger partial charge in [-0.1, -0.05) is 6.07 Å². The van der Waals surface area contributed by atoms with E-state index in [9.17, 15) is 13.2 Å². The van der Waals surface area contributed by atoms with Gasteiger partial charge < -0.3 is 19.5 Å². The van der Waals surface area contributed by atoms with E-state index < -0.39 is 15.7 Å². The molecule has 0 aliphatic carbocycles. The number of carbonyl (C=O) groups excluding carboxylic acids is 1. The summed E-state index contributed by atoms with van der Waals surface area (Å²) >= 11 is 0. The number of benzene rings is 2. The molecule has 26 heavy (non-hydrogen) atoms. The molecule has 0 aliphatic heterocycles. The Morgan fingerprint density at radius 3 is 2.23 bits per heavy atom. The van der Waals surface area contributed by atoms with Crippen molar-refractivity contribution < 1.29 is 27.4 Å². The molecule has 1 N–H and O–H groups in total. The highest BCUT2D eigenvalue weighted by Crippen LogP contribution is 2.38. The maximum atomic E-state index is 12.1. The summed E-state index contributed by atoms with van der Waals surface area (Å²) in [5, 5.41) is 2.60. The smallest absolute Gasteiger partial charge is 0.262 e. The van der Waals surface area contributed by atoms with Crippen LogP contribution in [0.5, 0.6) is 17.2 Å². The molecule has 2 aromatic carbocycles. The number of methoxy groups -OCH3 is 2. The molecule has 0 spiro atoms. The largest absolute Gasteiger partial charge is 0.493 e. The molecule has 0 saturated carbocycles. The molecule has 0 saturated heterocycles. The summed E-state index contributed by atoms with van der Waals surface area (Å²) in [5.41, 5.74) is 1.29. The molecule has 0 bridgehead atoms. The monoisotopic (exact) mass is 379 g/mol. The van der Waals surface area contributed by atoms with Crippen molar-refractivity contribution in [2.75, 3.05) is 32.4 Å². The van der Waals surface area contributed by atoms with Crippen molar-refractivity contribution in [3.8, 4) is 17.2 Å². The fraction of sp³-hybridized carbons (Fsp3) is 0.278. The number of rotatable bonds is 7. The zero-order valence-corrected chi connectivity index (χ0v) is 15.8. The minimum atomic E-state index is -3.35. The highest BCUT2D eigenvalue weighted by Gasteiger charge is 2.15. The van der Waals surface area contributed by atoms with Crippen LogP contribution in [0, 0.1) is 6.92 Å². The lowest BCUT2D eigenvalue weighted by Crippen LogP contribution is -2.20. The second-order valence-corrected chi connectivity index (χ2v) is 7.65. The van der Waals surface area contributed by atoms with Crippen molar-refractivity contribution in [2.45, 2.75) is 11.8 Å². The Balaban J connectivity index is 2.11. The summed E-state index contributed by atoms with van der Waals surface area (Å²) in [6, 6.07) is 9.54. The van der Waals surface area contributed by atoms with E-state index in [4.69, 9.17) is 14.2 Å². The normalized spacial score (nSPS) is 10.9. The van der Waals surface area contributed by atoms with Gasteiger partial charge in [-0.15, -0.1) is 0 Å². The van der Waals surface area contributed by atoms with Crippen LogP contribution in [0.4, 0.5) is 5.69 Å². The molecule has 140 valence electrons. The van der Waals surface area contributed by atoms with E-state index in [0.29, 0.717) is 22.9 Å². The maximum absolute atomic E-state index is 12.1. The lowest BCUT2D eigenvalue weighted by atomic mass is 10.2. The predicted molar refractivity (Wildman–Crippen MR) is 98.0 cm³/mol. The summed E-state index contributed by atoms with van der Waals surface area (Å²) < 4.78 is 39.3. The van der Waals surface area contributed by atoms with Crippen LogP contribution in [0.3, 0.4) is 0 Å². The molecule has 0 heterocycles. The molecule has 0 aliphatic rings. The maximum Gasteiger partial charge on any atom is 0.262 e. The number of anilines is 1. The highest BCUT2D eigenvalue weighted by atomic mass is 32.2. The third-order valence-electron chi connectivity index (χ3n) is 3.50. The van der Waals surface area contributed by atoms with Crippen LogP contribution in [0.15, 0.2) is 41.3 Å². The Kier molecular flexibility index (Phi) is 6.10. The van der Waals surface area contributed by atoms with Crippen molar-refractivity contribution in [2.24, 2.45) is 0 Å². The first-order chi connectivity index (χ1) is 12.2. The second-order valence-electron chi connectivity index (χ2n) is 5.64. The number of amides is 1. The molecule has 1 amide bonds. The third-order valence-corrected chi connectivity index (χ3v) is 4.61. The van der Waals surface area contributed by atoms with Gasteiger partial charge in [-0.25, -0.2) is 8.42 Å². The van der Waals surface area contributed by atoms with E-state index in [-0.39, 0.29) is 11.5 Å². The van der Waals surface area contributed by atoms with E-state index in [2.05, 4.69) is 5.32 Å². The van der Waals surface area contributed by atoms with E-state index in [0.717, 1.165) is 11.8 Å². The van der Waals surface area contributed by atoms with Gasteiger partial charge in [0.05, 0.1) is 19.1 Å². The number of ether oxygens (including phenoxy) is 3. The number of carbonyl (C=O) groups is 1. The minimum Gasteiger partial charge on any atom is -0.493 e. The van der Waals surface area contributed by atoms with Crippen LogP contribution < -0.4 is 19.5 Å². The second kappa shape index (κ2) is 8.09. The molecule has 0 radical (unpaired) electrons. The first-order valence-electron chi connectivity index (χ1n) is 7.70. The van der Waals surface area contributed by atoms with Gasteiger partial charge in [-0.2, -0.15) is 0 Å². The number of aryl methyl sites for hydroxylation is 1. The Morgan fingerprint density at radius 1 is 1.08 bits per heavy atom. The van der Waals surface area contributed by atoms with Gasteiger partial charge in [0.25, 0.3) is 5.91 Å². The van der Waals surface area contributed by atoms with E-state index >= 15 is 0 Å². The predicted octanol–water partition coefficient (Wildman–Crippen LogP) is 2.43. The SMILES string of the molecule is COc1cc(C)cc(OC)c1OCC(=O)Nc1cccc(S(C)(=O)=O)c1. The Hall–Kier alpha value is -2.74. The average Bonchev–Trinajstić information content (AvgIpc) is 2.59. The number of sulfone groups is 1. The van der Waals surface area contributed by atoms with Crippen molar-refractivity contribution in [1.82, 2.24) is 0 Å². The quantitative estimate of drug-likeness (QED) is 0.795. The van der Waals surface area contributed by atoms with Crippen LogP contribution in [-0.4, -0.2) is 41.4 Å². The number of nitrogens with one attached hydrogen (secondary N) is 1. The molecule has 2 aromatic rings. The zero-order valence-electron chi connectivity index (χ0n) is 15.0. The van der Waals surface area contributed by atoms with Crippen LogP contribution in [0.1, 0.15) is 5.56 Å². The summed E-state index contributed by atoms with van der Waals surface area (Å²) in [4.78, 5) is 12.3. The molecule has 2 rings (SSSR count). The van der Waals surface area contributed by atoms with Gasteiger partial charge in [-0.3, -0.25) is 4.79 Å². The number of hydrogen-bond acceptors (Lipinski definition) is 6. The topological polar surface area (TPSA) is 90.9 Å². The molecular formula is C18H21NO6S. The molecule has 8 heteroatoms. The Morgan fingerprint density at radius 2 is 1.69 bits per heavy atom.